The molecule has 3 nitrogen and oxygen atoms in total. The van der Waals surface area contributed by atoms with Gasteiger partial charge >= 0.3 is 0 Å². The van der Waals surface area contributed by atoms with E-state index in [-0.39, 0.29) is 5.54 Å². The van der Waals surface area contributed by atoms with Crippen LogP contribution in [0.4, 0.5) is 0 Å². The maximum Gasteiger partial charge on any atom is 0.127 e. The zero-order chi connectivity index (χ0) is 9.31. The third kappa shape index (κ3) is 1.91. The zero-order valence-corrected chi connectivity index (χ0v) is 8.05. The first-order valence-corrected chi connectivity index (χ1v) is 4.94. The van der Waals surface area contributed by atoms with Gasteiger partial charge in [-0.2, -0.15) is 0 Å². The molecule has 0 unspecified atom stereocenters. The molecule has 2 rings (SSSR count). The van der Waals surface area contributed by atoms with Crippen LogP contribution < -0.4 is 5.73 Å². The van der Waals surface area contributed by atoms with Crippen molar-refractivity contribution >= 4 is 0 Å². The fourth-order valence-corrected chi connectivity index (χ4v) is 1.57. The third-order valence-corrected chi connectivity index (χ3v) is 2.85. The minimum atomic E-state index is 0.141. The molecule has 0 radical (unpaired) electrons. The lowest BCUT2D eigenvalue weighted by Crippen LogP contribution is -2.22. The molecule has 1 aliphatic carbocycles. The third-order valence-electron chi connectivity index (χ3n) is 2.85. The van der Waals surface area contributed by atoms with Crippen molar-refractivity contribution in [2.45, 2.75) is 44.6 Å². The van der Waals surface area contributed by atoms with E-state index < -0.39 is 0 Å². The Morgan fingerprint density at radius 2 is 2.38 bits per heavy atom. The van der Waals surface area contributed by atoms with Crippen molar-refractivity contribution in [3.8, 4) is 0 Å². The predicted molar refractivity (Wildman–Crippen MR) is 50.4 cm³/mol. The number of aryl methyl sites for hydroxylation is 2. The van der Waals surface area contributed by atoms with E-state index in [1.807, 2.05) is 0 Å². The monoisotopic (exact) mass is 180 g/mol. The van der Waals surface area contributed by atoms with Crippen LogP contribution in [0.2, 0.25) is 0 Å². The van der Waals surface area contributed by atoms with E-state index in [1.54, 1.807) is 6.26 Å². The Labute approximate surface area is 78.3 Å². The highest BCUT2D eigenvalue weighted by molar-refractivity contribution is 5.16. The van der Waals surface area contributed by atoms with Crippen LogP contribution in [0.25, 0.3) is 0 Å². The summed E-state index contributed by atoms with van der Waals surface area (Å²) in [5.74, 6) is 0. The van der Waals surface area contributed by atoms with Crippen LogP contribution in [0.3, 0.4) is 0 Å². The highest BCUT2D eigenvalue weighted by Gasteiger charge is 2.37. The van der Waals surface area contributed by atoms with Gasteiger partial charge in [-0.1, -0.05) is 12.1 Å². The molecule has 0 bridgehead atoms. The van der Waals surface area contributed by atoms with Crippen LogP contribution in [0, 0.1) is 0 Å². The first-order valence-electron chi connectivity index (χ1n) is 4.94. The molecular weight excluding hydrogens is 164 g/mol. The van der Waals surface area contributed by atoms with Crippen molar-refractivity contribution in [3.63, 3.8) is 0 Å². The van der Waals surface area contributed by atoms with Gasteiger partial charge in [-0.05, 0) is 32.1 Å². The second kappa shape index (κ2) is 3.14. The van der Waals surface area contributed by atoms with Crippen molar-refractivity contribution in [1.82, 2.24) is 5.16 Å². The lowest BCUT2D eigenvalue weighted by atomic mass is 10.0. The summed E-state index contributed by atoms with van der Waals surface area (Å²) >= 11 is 0. The van der Waals surface area contributed by atoms with Crippen molar-refractivity contribution < 1.29 is 4.52 Å². The van der Waals surface area contributed by atoms with E-state index in [9.17, 15) is 0 Å². The zero-order valence-electron chi connectivity index (χ0n) is 8.05. The highest BCUT2D eigenvalue weighted by Crippen LogP contribution is 2.36. The van der Waals surface area contributed by atoms with Gasteiger partial charge in [-0.15, -0.1) is 0 Å². The van der Waals surface area contributed by atoms with Crippen molar-refractivity contribution in [2.24, 2.45) is 5.73 Å². The standard InChI is InChI=1S/C10H16N2O/c1-2-9-8(7-13-12-9)3-4-10(11)5-6-10/h7H,2-6,11H2,1H3. The maximum absolute atomic E-state index is 6.00. The minimum absolute atomic E-state index is 0.141. The molecule has 0 spiro atoms. The molecule has 0 aromatic carbocycles. The summed E-state index contributed by atoms with van der Waals surface area (Å²) in [6, 6.07) is 0. The number of rotatable bonds is 4. The average Bonchev–Trinajstić information content (AvgIpc) is 2.69. The van der Waals surface area contributed by atoms with Gasteiger partial charge in [0.2, 0.25) is 0 Å². The number of hydrogen-bond donors (Lipinski definition) is 1. The summed E-state index contributed by atoms with van der Waals surface area (Å²) < 4.78 is 4.93. The normalized spacial score (nSPS) is 18.9. The molecule has 1 aliphatic rings. The van der Waals surface area contributed by atoms with E-state index in [1.165, 1.54) is 18.4 Å². The number of nitrogens with zero attached hydrogens (tertiary/aromatic N) is 1. The minimum Gasteiger partial charge on any atom is -0.364 e. The van der Waals surface area contributed by atoms with Gasteiger partial charge in [-0.3, -0.25) is 0 Å². The Hall–Kier alpha value is -0.830. The van der Waals surface area contributed by atoms with Crippen LogP contribution >= 0.6 is 0 Å². The Morgan fingerprint density at radius 3 is 3.00 bits per heavy atom. The quantitative estimate of drug-likeness (QED) is 0.766. The van der Waals surface area contributed by atoms with E-state index in [2.05, 4.69) is 12.1 Å². The summed E-state index contributed by atoms with van der Waals surface area (Å²) in [6.07, 6.45) is 7.15. The van der Waals surface area contributed by atoms with Crippen molar-refractivity contribution in [2.75, 3.05) is 0 Å². The van der Waals surface area contributed by atoms with E-state index in [0.717, 1.165) is 25.0 Å². The molecule has 0 aliphatic heterocycles. The van der Waals surface area contributed by atoms with Gasteiger partial charge in [0.25, 0.3) is 0 Å². The van der Waals surface area contributed by atoms with Crippen LogP contribution in [0.5, 0.6) is 0 Å². The molecule has 1 aromatic rings. The topological polar surface area (TPSA) is 52.0 Å². The molecule has 2 N–H and O–H groups in total. The molecule has 0 saturated heterocycles. The smallest absolute Gasteiger partial charge is 0.127 e. The molecule has 1 aromatic heterocycles. The summed E-state index contributed by atoms with van der Waals surface area (Å²) in [5.41, 5.74) is 8.47. The van der Waals surface area contributed by atoms with Crippen LogP contribution in [0.15, 0.2) is 10.8 Å². The molecule has 3 heteroatoms. The van der Waals surface area contributed by atoms with Gasteiger partial charge in [0.15, 0.2) is 0 Å². The van der Waals surface area contributed by atoms with Crippen molar-refractivity contribution in [3.05, 3.63) is 17.5 Å². The molecule has 1 saturated carbocycles. The van der Waals surface area contributed by atoms with Gasteiger partial charge in [-0.25, -0.2) is 0 Å². The molecule has 72 valence electrons. The second-order valence-electron chi connectivity index (χ2n) is 4.00. The molecule has 13 heavy (non-hydrogen) atoms. The summed E-state index contributed by atoms with van der Waals surface area (Å²) in [5, 5.41) is 3.94. The van der Waals surface area contributed by atoms with Crippen LogP contribution in [0.1, 0.15) is 37.4 Å². The molecule has 1 fully saturated rings. The highest BCUT2D eigenvalue weighted by atomic mass is 16.5. The van der Waals surface area contributed by atoms with Gasteiger partial charge in [0.05, 0.1) is 5.69 Å². The van der Waals surface area contributed by atoms with Gasteiger partial charge < -0.3 is 10.3 Å². The second-order valence-corrected chi connectivity index (χ2v) is 4.00. The maximum atomic E-state index is 6.00. The predicted octanol–water partition coefficient (Wildman–Crippen LogP) is 1.66. The molecule has 1 heterocycles. The number of hydrogen-bond acceptors (Lipinski definition) is 3. The SMILES string of the molecule is CCc1nocc1CCC1(N)CC1. The number of nitrogens with two attached hydrogens (primary N) is 1. The van der Waals surface area contributed by atoms with Crippen molar-refractivity contribution in [1.29, 1.82) is 0 Å². The van der Waals surface area contributed by atoms with Gasteiger partial charge in [0.1, 0.15) is 6.26 Å². The Bertz CT molecular complexity index is 289. The van der Waals surface area contributed by atoms with Crippen LogP contribution in [-0.4, -0.2) is 10.7 Å². The Balaban J connectivity index is 1.93. The molecule has 0 amide bonds. The van der Waals surface area contributed by atoms with E-state index >= 15 is 0 Å². The Morgan fingerprint density at radius 1 is 1.62 bits per heavy atom. The van der Waals surface area contributed by atoms with Crippen LogP contribution in [-0.2, 0) is 12.8 Å². The summed E-state index contributed by atoms with van der Waals surface area (Å²) in [4.78, 5) is 0. The lowest BCUT2D eigenvalue weighted by Gasteiger charge is -2.06. The largest absolute Gasteiger partial charge is 0.364 e. The van der Waals surface area contributed by atoms with E-state index in [0.29, 0.717) is 0 Å². The first kappa shape index (κ1) is 8.75. The molecule has 0 atom stereocenters. The van der Waals surface area contributed by atoms with E-state index in [4.69, 9.17) is 10.3 Å². The molecular formula is C10H16N2O. The first-order chi connectivity index (χ1) is 6.23. The Kier molecular flexibility index (Phi) is 2.12. The lowest BCUT2D eigenvalue weighted by molar-refractivity contribution is 0.411. The fourth-order valence-electron chi connectivity index (χ4n) is 1.57. The summed E-state index contributed by atoms with van der Waals surface area (Å²) in [6.45, 7) is 2.09. The average molecular weight is 180 g/mol. The number of aromatic nitrogens is 1. The van der Waals surface area contributed by atoms with Gasteiger partial charge in [0, 0.05) is 11.1 Å². The summed E-state index contributed by atoms with van der Waals surface area (Å²) in [7, 11) is 0. The fraction of sp³-hybridized carbons (Fsp3) is 0.700.